The van der Waals surface area contributed by atoms with Crippen molar-refractivity contribution in [2.45, 2.75) is 26.3 Å². The van der Waals surface area contributed by atoms with Crippen LogP contribution in [0.25, 0.3) is 0 Å². The molecular formula is C12H22N2OS. The molecule has 1 heterocycles. The SMILES string of the molecule is CCC(CSC)N(C)C(=O)C(C)=C1CNC1. The molecule has 1 saturated heterocycles. The minimum Gasteiger partial charge on any atom is -0.338 e. The molecule has 3 nitrogen and oxygen atoms in total. The second-order valence-electron chi connectivity index (χ2n) is 4.27. The topological polar surface area (TPSA) is 32.3 Å². The van der Waals surface area contributed by atoms with Crippen LogP contribution in [-0.4, -0.2) is 49.0 Å². The van der Waals surface area contributed by atoms with Gasteiger partial charge in [-0.05, 0) is 25.2 Å². The fraction of sp³-hybridized carbons (Fsp3) is 0.750. The van der Waals surface area contributed by atoms with E-state index in [4.69, 9.17) is 0 Å². The lowest BCUT2D eigenvalue weighted by Crippen LogP contribution is -2.42. The number of nitrogens with zero attached hydrogens (tertiary/aromatic N) is 1. The number of nitrogens with one attached hydrogen (secondary N) is 1. The summed E-state index contributed by atoms with van der Waals surface area (Å²) in [6.07, 6.45) is 3.10. The second-order valence-corrected chi connectivity index (χ2v) is 5.18. The summed E-state index contributed by atoms with van der Waals surface area (Å²) in [6.45, 7) is 5.84. The summed E-state index contributed by atoms with van der Waals surface area (Å²) < 4.78 is 0. The van der Waals surface area contributed by atoms with Crippen molar-refractivity contribution < 1.29 is 4.79 Å². The van der Waals surface area contributed by atoms with E-state index in [1.54, 1.807) is 11.8 Å². The van der Waals surface area contributed by atoms with Crippen LogP contribution in [0.5, 0.6) is 0 Å². The third kappa shape index (κ3) is 3.01. The van der Waals surface area contributed by atoms with E-state index in [1.165, 1.54) is 5.57 Å². The number of carbonyl (C=O) groups excluding carboxylic acids is 1. The number of amides is 1. The van der Waals surface area contributed by atoms with Crippen molar-refractivity contribution in [2.75, 3.05) is 32.1 Å². The molecule has 1 amide bonds. The number of hydrogen-bond acceptors (Lipinski definition) is 3. The molecule has 1 N–H and O–H groups in total. The highest BCUT2D eigenvalue weighted by Crippen LogP contribution is 2.15. The summed E-state index contributed by atoms with van der Waals surface area (Å²) >= 11 is 1.80. The predicted octanol–water partition coefficient (Wildman–Crippen LogP) is 1.51. The van der Waals surface area contributed by atoms with Gasteiger partial charge in [0, 0.05) is 37.5 Å². The van der Waals surface area contributed by atoms with Crippen molar-refractivity contribution in [3.05, 3.63) is 11.1 Å². The number of carbonyl (C=O) groups is 1. The van der Waals surface area contributed by atoms with Gasteiger partial charge in [0.05, 0.1) is 0 Å². The van der Waals surface area contributed by atoms with Gasteiger partial charge in [0.15, 0.2) is 0 Å². The molecule has 0 aromatic heterocycles. The van der Waals surface area contributed by atoms with Crippen molar-refractivity contribution in [3.63, 3.8) is 0 Å². The maximum Gasteiger partial charge on any atom is 0.249 e. The molecule has 0 saturated carbocycles. The van der Waals surface area contributed by atoms with Crippen molar-refractivity contribution in [1.82, 2.24) is 10.2 Å². The maximum atomic E-state index is 12.2. The molecule has 0 bridgehead atoms. The van der Waals surface area contributed by atoms with Crippen molar-refractivity contribution in [3.8, 4) is 0 Å². The van der Waals surface area contributed by atoms with Crippen molar-refractivity contribution >= 4 is 17.7 Å². The van der Waals surface area contributed by atoms with Crippen LogP contribution in [0.2, 0.25) is 0 Å². The van der Waals surface area contributed by atoms with Gasteiger partial charge in [0.25, 0.3) is 0 Å². The fourth-order valence-corrected chi connectivity index (χ4v) is 2.64. The molecule has 1 rings (SSSR count). The van der Waals surface area contributed by atoms with Crippen LogP contribution >= 0.6 is 11.8 Å². The van der Waals surface area contributed by atoms with Gasteiger partial charge in [-0.2, -0.15) is 11.8 Å². The molecule has 0 radical (unpaired) electrons. The molecule has 0 aromatic rings. The molecule has 1 aliphatic rings. The van der Waals surface area contributed by atoms with Gasteiger partial charge in [0.1, 0.15) is 0 Å². The molecule has 1 atom stereocenters. The lowest BCUT2D eigenvalue weighted by Gasteiger charge is -2.29. The Morgan fingerprint density at radius 1 is 1.56 bits per heavy atom. The maximum absolute atomic E-state index is 12.2. The smallest absolute Gasteiger partial charge is 0.249 e. The fourth-order valence-electron chi connectivity index (χ4n) is 1.79. The Balaban J connectivity index is 2.64. The summed E-state index contributed by atoms with van der Waals surface area (Å²) in [5.74, 6) is 1.21. The Hall–Kier alpha value is -0.480. The molecule has 0 aromatic carbocycles. The second kappa shape index (κ2) is 6.30. The Morgan fingerprint density at radius 3 is 2.56 bits per heavy atom. The van der Waals surface area contributed by atoms with Gasteiger partial charge < -0.3 is 10.2 Å². The summed E-state index contributed by atoms with van der Waals surface area (Å²) in [4.78, 5) is 14.1. The number of thioether (sulfide) groups is 1. The standard InChI is InChI=1S/C12H22N2OS/c1-5-11(8-16-4)14(3)12(15)9(2)10-6-13-7-10/h11,13H,5-8H2,1-4H3. The first-order valence-electron chi connectivity index (χ1n) is 5.77. The molecular weight excluding hydrogens is 220 g/mol. The number of hydrogen-bond donors (Lipinski definition) is 1. The summed E-state index contributed by atoms with van der Waals surface area (Å²) in [5, 5.41) is 3.17. The number of rotatable bonds is 5. The van der Waals surface area contributed by atoms with E-state index in [-0.39, 0.29) is 5.91 Å². The van der Waals surface area contributed by atoms with Crippen molar-refractivity contribution in [2.24, 2.45) is 0 Å². The van der Waals surface area contributed by atoms with E-state index >= 15 is 0 Å². The van der Waals surface area contributed by atoms with E-state index in [0.717, 1.165) is 30.8 Å². The van der Waals surface area contributed by atoms with Gasteiger partial charge in [-0.15, -0.1) is 0 Å². The average molecular weight is 242 g/mol. The Labute approximate surface area is 103 Å². The third-order valence-corrected chi connectivity index (χ3v) is 3.94. The summed E-state index contributed by atoms with van der Waals surface area (Å²) in [6, 6.07) is 0.353. The minimum absolute atomic E-state index is 0.192. The van der Waals surface area contributed by atoms with E-state index < -0.39 is 0 Å². The lowest BCUT2D eigenvalue weighted by atomic mass is 10.0. The quantitative estimate of drug-likeness (QED) is 0.742. The van der Waals surface area contributed by atoms with Crippen LogP contribution in [0.1, 0.15) is 20.3 Å². The molecule has 16 heavy (non-hydrogen) atoms. The largest absolute Gasteiger partial charge is 0.338 e. The van der Waals surface area contributed by atoms with Crippen LogP contribution < -0.4 is 5.32 Å². The minimum atomic E-state index is 0.192. The van der Waals surface area contributed by atoms with Crippen molar-refractivity contribution in [1.29, 1.82) is 0 Å². The van der Waals surface area contributed by atoms with Crippen LogP contribution in [-0.2, 0) is 4.79 Å². The van der Waals surface area contributed by atoms with Gasteiger partial charge in [-0.25, -0.2) is 0 Å². The normalized spacial score (nSPS) is 16.6. The summed E-state index contributed by atoms with van der Waals surface area (Å²) in [7, 11) is 1.92. The molecule has 1 fully saturated rings. The van der Waals surface area contributed by atoms with Gasteiger partial charge in [0.2, 0.25) is 5.91 Å². The van der Waals surface area contributed by atoms with Crippen LogP contribution in [0.4, 0.5) is 0 Å². The Bertz CT molecular complexity index is 283. The number of likely N-dealkylation sites (N-methyl/N-ethyl adjacent to an activating group) is 1. The van der Waals surface area contributed by atoms with Gasteiger partial charge >= 0.3 is 0 Å². The van der Waals surface area contributed by atoms with Crippen LogP contribution in [0, 0.1) is 0 Å². The Kier molecular flexibility index (Phi) is 5.35. The molecule has 1 aliphatic heterocycles. The van der Waals surface area contributed by atoms with E-state index in [1.807, 2.05) is 18.9 Å². The highest BCUT2D eigenvalue weighted by Gasteiger charge is 2.22. The highest BCUT2D eigenvalue weighted by molar-refractivity contribution is 7.98. The average Bonchev–Trinajstić information content (AvgIpc) is 2.21. The Morgan fingerprint density at radius 2 is 2.19 bits per heavy atom. The first kappa shape index (κ1) is 13.6. The van der Waals surface area contributed by atoms with E-state index in [2.05, 4.69) is 18.5 Å². The zero-order valence-electron chi connectivity index (χ0n) is 10.7. The first-order valence-corrected chi connectivity index (χ1v) is 7.16. The zero-order chi connectivity index (χ0) is 12.1. The predicted molar refractivity (Wildman–Crippen MR) is 70.8 cm³/mol. The van der Waals surface area contributed by atoms with Gasteiger partial charge in [-0.1, -0.05) is 6.92 Å². The zero-order valence-corrected chi connectivity index (χ0v) is 11.5. The summed E-state index contributed by atoms with van der Waals surface area (Å²) in [5.41, 5.74) is 2.19. The molecule has 0 aliphatic carbocycles. The monoisotopic (exact) mass is 242 g/mol. The molecule has 92 valence electrons. The molecule has 1 unspecified atom stereocenters. The van der Waals surface area contributed by atoms with Crippen LogP contribution in [0.3, 0.4) is 0 Å². The molecule has 0 spiro atoms. The lowest BCUT2D eigenvalue weighted by molar-refractivity contribution is -0.127. The van der Waals surface area contributed by atoms with Crippen LogP contribution in [0.15, 0.2) is 11.1 Å². The van der Waals surface area contributed by atoms with Gasteiger partial charge in [-0.3, -0.25) is 4.79 Å². The van der Waals surface area contributed by atoms with E-state index in [9.17, 15) is 4.79 Å². The third-order valence-electron chi connectivity index (χ3n) is 3.23. The highest BCUT2D eigenvalue weighted by atomic mass is 32.2. The first-order chi connectivity index (χ1) is 7.61. The molecule has 4 heteroatoms. The van der Waals surface area contributed by atoms with E-state index in [0.29, 0.717) is 6.04 Å².